The average molecular weight is 272 g/mol. The molecule has 1 aromatic rings. The van der Waals surface area contributed by atoms with Gasteiger partial charge < -0.3 is 10.4 Å². The van der Waals surface area contributed by atoms with Gasteiger partial charge in [0.1, 0.15) is 0 Å². The second-order valence-electron chi connectivity index (χ2n) is 4.44. The van der Waals surface area contributed by atoms with Gasteiger partial charge in [0, 0.05) is 29.1 Å². The molecular weight excluding hydrogens is 254 g/mol. The van der Waals surface area contributed by atoms with Crippen molar-refractivity contribution in [3.8, 4) is 0 Å². The number of thioether (sulfide) groups is 1. The number of hydrogen-bond donors (Lipinski definition) is 2. The lowest BCUT2D eigenvalue weighted by atomic mass is 10.2. The maximum Gasteiger partial charge on any atom is 0.0755 e. The predicted molar refractivity (Wildman–Crippen MR) is 74.6 cm³/mol. The van der Waals surface area contributed by atoms with Crippen molar-refractivity contribution in [3.63, 3.8) is 0 Å². The van der Waals surface area contributed by atoms with Gasteiger partial charge in [-0.05, 0) is 24.5 Å². The van der Waals surface area contributed by atoms with Crippen molar-refractivity contribution in [1.82, 2.24) is 5.32 Å². The van der Waals surface area contributed by atoms with Crippen LogP contribution >= 0.6 is 23.4 Å². The minimum Gasteiger partial charge on any atom is -0.391 e. The molecule has 0 bridgehead atoms. The number of aliphatic hydroxyl groups excluding tert-OH is 1. The average Bonchev–Trinajstić information content (AvgIpc) is 3.13. The van der Waals surface area contributed by atoms with E-state index in [0.29, 0.717) is 12.6 Å². The Kier molecular flexibility index (Phi) is 5.16. The molecular formula is C13H18ClNOS. The topological polar surface area (TPSA) is 32.3 Å². The summed E-state index contributed by atoms with van der Waals surface area (Å²) >= 11 is 7.79. The molecule has 94 valence electrons. The number of halogens is 1. The molecule has 1 saturated carbocycles. The first-order valence-electron chi connectivity index (χ1n) is 5.98. The van der Waals surface area contributed by atoms with Crippen molar-refractivity contribution in [1.29, 1.82) is 0 Å². The molecule has 1 aromatic carbocycles. The Morgan fingerprint density at radius 1 is 1.41 bits per heavy atom. The quantitative estimate of drug-likeness (QED) is 0.800. The summed E-state index contributed by atoms with van der Waals surface area (Å²) < 4.78 is 0. The Hall–Kier alpha value is -0.220. The van der Waals surface area contributed by atoms with Crippen LogP contribution in [0.5, 0.6) is 0 Å². The van der Waals surface area contributed by atoms with Crippen LogP contribution in [0, 0.1) is 0 Å². The maximum absolute atomic E-state index is 9.76. The number of hydrogen-bond acceptors (Lipinski definition) is 3. The van der Waals surface area contributed by atoms with Gasteiger partial charge in [0.25, 0.3) is 0 Å². The molecule has 0 amide bonds. The van der Waals surface area contributed by atoms with Crippen LogP contribution in [0.25, 0.3) is 0 Å². The summed E-state index contributed by atoms with van der Waals surface area (Å²) in [5, 5.41) is 13.9. The minimum atomic E-state index is -0.261. The van der Waals surface area contributed by atoms with E-state index < -0.39 is 0 Å². The summed E-state index contributed by atoms with van der Waals surface area (Å²) in [6.45, 7) is 0.709. The molecule has 1 atom stereocenters. The van der Waals surface area contributed by atoms with Crippen molar-refractivity contribution in [2.24, 2.45) is 0 Å². The summed E-state index contributed by atoms with van der Waals surface area (Å²) in [6.07, 6.45) is 2.27. The van der Waals surface area contributed by atoms with Gasteiger partial charge in [0.05, 0.1) is 6.10 Å². The van der Waals surface area contributed by atoms with Crippen LogP contribution < -0.4 is 5.32 Å². The summed E-state index contributed by atoms with van der Waals surface area (Å²) in [5.41, 5.74) is 1.14. The van der Waals surface area contributed by atoms with Gasteiger partial charge in [0.15, 0.2) is 0 Å². The molecule has 1 aliphatic carbocycles. The zero-order valence-corrected chi connectivity index (χ0v) is 11.3. The number of rotatable bonds is 7. The molecule has 4 heteroatoms. The monoisotopic (exact) mass is 271 g/mol. The fourth-order valence-electron chi connectivity index (χ4n) is 1.57. The largest absolute Gasteiger partial charge is 0.391 e. The third-order valence-electron chi connectivity index (χ3n) is 2.75. The van der Waals surface area contributed by atoms with E-state index in [-0.39, 0.29) is 6.10 Å². The molecule has 0 spiro atoms. The molecule has 0 radical (unpaired) electrons. The minimum absolute atomic E-state index is 0.261. The summed E-state index contributed by atoms with van der Waals surface area (Å²) in [7, 11) is 0. The van der Waals surface area contributed by atoms with Crippen LogP contribution in [-0.2, 0) is 5.75 Å². The Balaban J connectivity index is 1.62. The van der Waals surface area contributed by atoms with Gasteiger partial charge in [-0.2, -0.15) is 11.8 Å². The fourth-order valence-corrected chi connectivity index (χ4v) is 2.83. The first-order chi connectivity index (χ1) is 8.25. The fraction of sp³-hybridized carbons (Fsp3) is 0.538. The van der Waals surface area contributed by atoms with Gasteiger partial charge in [0.2, 0.25) is 0 Å². The predicted octanol–water partition coefficient (Wildman–Crippen LogP) is 2.69. The SMILES string of the molecule is OC(CNC1CC1)CSCc1ccccc1Cl. The van der Waals surface area contributed by atoms with Gasteiger partial charge >= 0.3 is 0 Å². The zero-order chi connectivity index (χ0) is 12.1. The Bertz CT molecular complexity index is 357. The van der Waals surface area contributed by atoms with Crippen LogP contribution in [0.15, 0.2) is 24.3 Å². The van der Waals surface area contributed by atoms with Crippen LogP contribution in [0.1, 0.15) is 18.4 Å². The third kappa shape index (κ3) is 4.88. The van der Waals surface area contributed by atoms with Crippen LogP contribution in [-0.4, -0.2) is 29.5 Å². The van der Waals surface area contributed by atoms with Crippen molar-refractivity contribution in [2.45, 2.75) is 30.7 Å². The lowest BCUT2D eigenvalue weighted by Crippen LogP contribution is -2.29. The zero-order valence-electron chi connectivity index (χ0n) is 9.73. The maximum atomic E-state index is 9.76. The lowest BCUT2D eigenvalue weighted by molar-refractivity contribution is 0.195. The molecule has 0 aliphatic heterocycles. The Morgan fingerprint density at radius 3 is 2.88 bits per heavy atom. The van der Waals surface area contributed by atoms with E-state index >= 15 is 0 Å². The normalized spacial score (nSPS) is 17.1. The first-order valence-corrected chi connectivity index (χ1v) is 7.51. The van der Waals surface area contributed by atoms with E-state index in [1.165, 1.54) is 12.8 Å². The van der Waals surface area contributed by atoms with Crippen molar-refractivity contribution in [3.05, 3.63) is 34.9 Å². The van der Waals surface area contributed by atoms with Crippen molar-refractivity contribution in [2.75, 3.05) is 12.3 Å². The number of nitrogens with one attached hydrogen (secondary N) is 1. The lowest BCUT2D eigenvalue weighted by Gasteiger charge is -2.11. The number of benzene rings is 1. The number of aliphatic hydroxyl groups is 1. The van der Waals surface area contributed by atoms with E-state index in [9.17, 15) is 5.11 Å². The molecule has 17 heavy (non-hydrogen) atoms. The standard InChI is InChI=1S/C13H18ClNOS/c14-13-4-2-1-3-10(13)8-17-9-12(16)7-15-11-5-6-11/h1-4,11-12,15-16H,5-9H2. The Labute approximate surface area is 112 Å². The molecule has 0 aromatic heterocycles. The van der Waals surface area contributed by atoms with E-state index in [2.05, 4.69) is 5.32 Å². The van der Waals surface area contributed by atoms with Gasteiger partial charge in [-0.1, -0.05) is 29.8 Å². The van der Waals surface area contributed by atoms with Crippen LogP contribution in [0.4, 0.5) is 0 Å². The van der Waals surface area contributed by atoms with E-state index in [1.54, 1.807) is 11.8 Å². The highest BCUT2D eigenvalue weighted by atomic mass is 35.5. The van der Waals surface area contributed by atoms with Crippen LogP contribution in [0.2, 0.25) is 5.02 Å². The molecule has 2 rings (SSSR count). The second-order valence-corrected chi connectivity index (χ2v) is 5.88. The molecule has 2 N–H and O–H groups in total. The highest BCUT2D eigenvalue weighted by molar-refractivity contribution is 7.98. The molecule has 1 unspecified atom stereocenters. The van der Waals surface area contributed by atoms with Crippen molar-refractivity contribution < 1.29 is 5.11 Å². The van der Waals surface area contributed by atoms with Gasteiger partial charge in [-0.3, -0.25) is 0 Å². The smallest absolute Gasteiger partial charge is 0.0755 e. The summed E-state index contributed by atoms with van der Waals surface area (Å²) in [6, 6.07) is 8.53. The Morgan fingerprint density at radius 2 is 2.18 bits per heavy atom. The molecule has 0 saturated heterocycles. The van der Waals surface area contributed by atoms with Crippen LogP contribution in [0.3, 0.4) is 0 Å². The summed E-state index contributed by atoms with van der Waals surface area (Å²) in [4.78, 5) is 0. The third-order valence-corrected chi connectivity index (χ3v) is 4.25. The van der Waals surface area contributed by atoms with Gasteiger partial charge in [-0.25, -0.2) is 0 Å². The van der Waals surface area contributed by atoms with E-state index in [4.69, 9.17) is 11.6 Å². The van der Waals surface area contributed by atoms with Gasteiger partial charge in [-0.15, -0.1) is 0 Å². The summed E-state index contributed by atoms with van der Waals surface area (Å²) in [5.74, 6) is 1.62. The van der Waals surface area contributed by atoms with Crippen molar-refractivity contribution >= 4 is 23.4 Å². The molecule has 1 fully saturated rings. The highest BCUT2D eigenvalue weighted by Gasteiger charge is 2.21. The second kappa shape index (κ2) is 6.64. The van der Waals surface area contributed by atoms with E-state index in [0.717, 1.165) is 22.1 Å². The molecule has 1 aliphatic rings. The molecule has 0 heterocycles. The first kappa shape index (κ1) is 13.2. The highest BCUT2D eigenvalue weighted by Crippen LogP contribution is 2.21. The van der Waals surface area contributed by atoms with E-state index in [1.807, 2.05) is 24.3 Å². The molecule has 2 nitrogen and oxygen atoms in total.